The Labute approximate surface area is 164 Å². The number of anilines is 2. The summed E-state index contributed by atoms with van der Waals surface area (Å²) in [6, 6.07) is 5.01. The Bertz CT molecular complexity index is 1120. The number of hydrogen-bond donors (Lipinski definition) is 2. The summed E-state index contributed by atoms with van der Waals surface area (Å²) in [5.41, 5.74) is 8.12. The molecule has 0 amide bonds. The summed E-state index contributed by atoms with van der Waals surface area (Å²) in [5.74, 6) is -9.01. The van der Waals surface area contributed by atoms with Crippen LogP contribution in [-0.4, -0.2) is 0 Å². The molecule has 0 atom stereocenters. The maximum Gasteiger partial charge on any atom is 0.419 e. The lowest BCUT2D eigenvalue weighted by Gasteiger charge is -2.17. The van der Waals surface area contributed by atoms with Crippen molar-refractivity contribution in [1.82, 2.24) is 0 Å². The predicted molar refractivity (Wildman–Crippen MR) is 93.1 cm³/mol. The number of rotatable bonds is 4. The molecular formula is C19H11F7N2O2. The summed E-state index contributed by atoms with van der Waals surface area (Å²) < 4.78 is 105. The average Bonchev–Trinajstić information content (AvgIpc) is 2.68. The largest absolute Gasteiger partial charge is 0.451 e. The zero-order valence-corrected chi connectivity index (χ0v) is 14.7. The van der Waals surface area contributed by atoms with Gasteiger partial charge in [-0.2, -0.15) is 13.2 Å². The van der Waals surface area contributed by atoms with Gasteiger partial charge in [0.15, 0.2) is 23.3 Å². The molecule has 0 fully saturated rings. The maximum atomic E-state index is 14.1. The zero-order valence-electron chi connectivity index (χ0n) is 14.7. The van der Waals surface area contributed by atoms with Gasteiger partial charge in [0.1, 0.15) is 11.5 Å². The molecular weight excluding hydrogens is 421 g/mol. The Morgan fingerprint density at radius 2 is 1.17 bits per heavy atom. The molecule has 3 rings (SSSR count). The fraction of sp³-hybridized carbons (Fsp3) is 0.0526. The van der Waals surface area contributed by atoms with Gasteiger partial charge in [-0.1, -0.05) is 0 Å². The third-order valence-electron chi connectivity index (χ3n) is 3.85. The van der Waals surface area contributed by atoms with E-state index in [0.717, 1.165) is 24.3 Å². The van der Waals surface area contributed by atoms with Gasteiger partial charge in [-0.05, 0) is 36.4 Å². The van der Waals surface area contributed by atoms with Crippen LogP contribution in [0.5, 0.6) is 23.0 Å². The molecule has 0 heterocycles. The van der Waals surface area contributed by atoms with Crippen molar-refractivity contribution in [2.75, 3.05) is 11.5 Å². The van der Waals surface area contributed by atoms with Gasteiger partial charge in [0, 0.05) is 6.07 Å². The Balaban J connectivity index is 2.09. The molecule has 0 saturated carbocycles. The van der Waals surface area contributed by atoms with Crippen LogP contribution in [0.3, 0.4) is 0 Å². The van der Waals surface area contributed by atoms with E-state index in [1.165, 1.54) is 0 Å². The first kappa shape index (κ1) is 21.1. The first-order valence-corrected chi connectivity index (χ1v) is 8.03. The second kappa shape index (κ2) is 7.65. The van der Waals surface area contributed by atoms with E-state index in [-0.39, 0.29) is 0 Å². The number of halogens is 7. The number of benzene rings is 3. The number of nitrogen functional groups attached to an aromatic ring is 2. The topological polar surface area (TPSA) is 70.5 Å². The molecule has 0 aliphatic heterocycles. The lowest BCUT2D eigenvalue weighted by molar-refractivity contribution is -0.138. The number of nitrogens with two attached hydrogens (primary N) is 2. The third-order valence-corrected chi connectivity index (χ3v) is 3.85. The predicted octanol–water partition coefficient (Wildman–Crippen LogP) is 6.01. The minimum Gasteiger partial charge on any atom is -0.451 e. The Morgan fingerprint density at radius 3 is 1.67 bits per heavy atom. The Hall–Kier alpha value is -3.63. The summed E-state index contributed by atoms with van der Waals surface area (Å²) in [5, 5.41) is 0. The fourth-order valence-corrected chi connectivity index (χ4v) is 2.40. The second-order valence-electron chi connectivity index (χ2n) is 5.92. The highest BCUT2D eigenvalue weighted by atomic mass is 19.4. The van der Waals surface area contributed by atoms with Crippen LogP contribution in [0.15, 0.2) is 42.5 Å². The first-order valence-electron chi connectivity index (χ1n) is 8.03. The number of ether oxygens (including phenoxy) is 2. The van der Waals surface area contributed by atoms with E-state index in [2.05, 4.69) is 0 Å². The quantitative estimate of drug-likeness (QED) is 0.391. The van der Waals surface area contributed by atoms with Crippen molar-refractivity contribution in [3.63, 3.8) is 0 Å². The number of hydrogen-bond acceptors (Lipinski definition) is 4. The molecule has 0 aromatic heterocycles. The SMILES string of the molecule is Nc1ccc(F)c(Oc2ccc(C(F)(F)F)c(Oc3c(F)ccc(N)c3F)c2)c1F. The standard InChI is InChI=1S/C19H11F7N2O2/c20-10-3-5-12(27)15(22)17(10)29-8-1-2-9(19(24,25)26)14(7-8)30-18-11(21)4-6-13(28)16(18)23/h1-7H,27-28H2. The minimum atomic E-state index is -4.99. The van der Waals surface area contributed by atoms with Crippen LogP contribution in [0.4, 0.5) is 42.1 Å². The van der Waals surface area contributed by atoms with Gasteiger partial charge in [0.2, 0.25) is 11.5 Å². The van der Waals surface area contributed by atoms with E-state index in [0.29, 0.717) is 18.2 Å². The van der Waals surface area contributed by atoms with Crippen LogP contribution in [-0.2, 0) is 6.18 Å². The van der Waals surface area contributed by atoms with Crippen LogP contribution >= 0.6 is 0 Å². The van der Waals surface area contributed by atoms with Gasteiger partial charge >= 0.3 is 6.18 Å². The minimum absolute atomic E-state index is 0.453. The van der Waals surface area contributed by atoms with Gasteiger partial charge in [0.05, 0.1) is 16.9 Å². The molecule has 3 aromatic rings. The molecule has 4 nitrogen and oxygen atoms in total. The molecule has 4 N–H and O–H groups in total. The Kier molecular flexibility index (Phi) is 5.38. The Morgan fingerprint density at radius 1 is 0.667 bits per heavy atom. The van der Waals surface area contributed by atoms with Gasteiger partial charge in [-0.25, -0.2) is 17.6 Å². The van der Waals surface area contributed by atoms with Crippen molar-refractivity contribution in [2.24, 2.45) is 0 Å². The summed E-state index contributed by atoms with van der Waals surface area (Å²) in [6.07, 6.45) is -4.99. The van der Waals surface area contributed by atoms with Crippen LogP contribution in [0.25, 0.3) is 0 Å². The summed E-state index contributed by atoms with van der Waals surface area (Å²) in [6.45, 7) is 0. The maximum absolute atomic E-state index is 14.1. The molecule has 0 bridgehead atoms. The van der Waals surface area contributed by atoms with E-state index in [1.54, 1.807) is 0 Å². The van der Waals surface area contributed by atoms with E-state index in [4.69, 9.17) is 20.9 Å². The number of alkyl halides is 3. The molecule has 30 heavy (non-hydrogen) atoms. The van der Waals surface area contributed by atoms with Crippen molar-refractivity contribution in [3.8, 4) is 23.0 Å². The third kappa shape index (κ3) is 4.04. The van der Waals surface area contributed by atoms with Crippen LogP contribution in [0, 0.1) is 23.3 Å². The van der Waals surface area contributed by atoms with E-state index in [1.807, 2.05) is 0 Å². The van der Waals surface area contributed by atoms with Crippen molar-refractivity contribution < 1.29 is 40.2 Å². The average molecular weight is 432 g/mol. The lowest BCUT2D eigenvalue weighted by atomic mass is 10.1. The molecule has 11 heteroatoms. The van der Waals surface area contributed by atoms with E-state index in [9.17, 15) is 30.7 Å². The van der Waals surface area contributed by atoms with E-state index < -0.39 is 69.4 Å². The van der Waals surface area contributed by atoms with Gasteiger partial charge in [0.25, 0.3) is 0 Å². The lowest BCUT2D eigenvalue weighted by Crippen LogP contribution is -2.08. The summed E-state index contributed by atoms with van der Waals surface area (Å²) >= 11 is 0. The monoisotopic (exact) mass is 432 g/mol. The zero-order chi connectivity index (χ0) is 22.2. The molecule has 158 valence electrons. The van der Waals surface area contributed by atoms with Crippen LogP contribution in [0.2, 0.25) is 0 Å². The first-order chi connectivity index (χ1) is 14.0. The molecule has 0 unspecified atom stereocenters. The highest BCUT2D eigenvalue weighted by Gasteiger charge is 2.35. The second-order valence-corrected chi connectivity index (χ2v) is 5.92. The van der Waals surface area contributed by atoms with Crippen molar-refractivity contribution in [1.29, 1.82) is 0 Å². The normalized spacial score (nSPS) is 11.4. The molecule has 3 aromatic carbocycles. The van der Waals surface area contributed by atoms with Crippen LogP contribution in [0.1, 0.15) is 5.56 Å². The summed E-state index contributed by atoms with van der Waals surface area (Å²) in [4.78, 5) is 0. The highest BCUT2D eigenvalue weighted by molar-refractivity contribution is 5.52. The molecule has 0 saturated heterocycles. The van der Waals surface area contributed by atoms with Crippen molar-refractivity contribution in [2.45, 2.75) is 6.18 Å². The molecule has 0 aliphatic rings. The van der Waals surface area contributed by atoms with Gasteiger partial charge in [-0.15, -0.1) is 0 Å². The smallest absolute Gasteiger partial charge is 0.419 e. The van der Waals surface area contributed by atoms with Crippen molar-refractivity contribution in [3.05, 3.63) is 71.3 Å². The van der Waals surface area contributed by atoms with Crippen molar-refractivity contribution >= 4 is 11.4 Å². The van der Waals surface area contributed by atoms with Gasteiger partial charge < -0.3 is 20.9 Å². The highest BCUT2D eigenvalue weighted by Crippen LogP contribution is 2.42. The van der Waals surface area contributed by atoms with Gasteiger partial charge in [-0.3, -0.25) is 0 Å². The van der Waals surface area contributed by atoms with E-state index >= 15 is 0 Å². The van der Waals surface area contributed by atoms with Crippen LogP contribution < -0.4 is 20.9 Å². The molecule has 0 radical (unpaired) electrons. The molecule has 0 spiro atoms. The fourth-order valence-electron chi connectivity index (χ4n) is 2.40. The molecule has 0 aliphatic carbocycles. The summed E-state index contributed by atoms with van der Waals surface area (Å²) in [7, 11) is 0.